The first-order valence-electron chi connectivity index (χ1n) is 26.7. The second-order valence-corrected chi connectivity index (χ2v) is 20.7. The summed E-state index contributed by atoms with van der Waals surface area (Å²) in [7, 11) is 0. The maximum absolute atomic E-state index is 15.3. The van der Waals surface area contributed by atoms with Crippen LogP contribution < -0.4 is 9.47 Å². The topological polar surface area (TPSA) is 154 Å². The molecule has 8 aromatic rings. The first-order chi connectivity index (χ1) is 41.3. The van der Waals surface area contributed by atoms with Crippen LogP contribution in [0.5, 0.6) is 11.5 Å². The average molecular weight is 1250 g/mol. The molecular weight excluding hydrogens is 1200 g/mol. The van der Waals surface area contributed by atoms with Crippen molar-refractivity contribution in [3.63, 3.8) is 0 Å². The van der Waals surface area contributed by atoms with Crippen molar-refractivity contribution in [2.75, 3.05) is 0 Å². The zero-order chi connectivity index (χ0) is 63.7. The molecule has 0 atom stereocenters. The summed E-state index contributed by atoms with van der Waals surface area (Å²) in [6, 6.07) is 28.9. The smallest absolute Gasteiger partial charge is 0.434 e. The lowest BCUT2D eigenvalue weighted by Crippen LogP contribution is -2.27. The number of carbonyl (C=O) groups is 2. The Labute approximate surface area is 488 Å². The summed E-state index contributed by atoms with van der Waals surface area (Å²) < 4.78 is 232. The molecule has 0 aliphatic heterocycles. The molecule has 28 heteroatoms. The van der Waals surface area contributed by atoms with Crippen molar-refractivity contribution in [2.24, 2.45) is 11.8 Å². The fraction of sp³-hybridized carbons (Fsp3) is 0.300. The monoisotopic (exact) mass is 1250 g/mol. The Morgan fingerprint density at radius 1 is 0.420 bits per heavy atom. The van der Waals surface area contributed by atoms with Crippen LogP contribution in [0.25, 0.3) is 34.2 Å². The van der Waals surface area contributed by atoms with Crippen LogP contribution in [0.1, 0.15) is 118 Å². The minimum atomic E-state index is -5.09. The first-order valence-corrected chi connectivity index (χ1v) is 26.7. The molecule has 0 saturated heterocycles. The highest BCUT2D eigenvalue weighted by atomic mass is 19.4. The van der Waals surface area contributed by atoms with E-state index in [0.29, 0.717) is 32.9 Å². The summed E-state index contributed by atoms with van der Waals surface area (Å²) in [5.41, 5.74) is -5.16. The first kappa shape index (κ1) is 63.5. The van der Waals surface area contributed by atoms with E-state index in [1.807, 2.05) is 0 Å². The van der Waals surface area contributed by atoms with Gasteiger partial charge in [-0.1, -0.05) is 60.7 Å². The second-order valence-electron chi connectivity index (χ2n) is 20.7. The molecule has 2 saturated carbocycles. The van der Waals surface area contributed by atoms with Crippen molar-refractivity contribution in [1.29, 1.82) is 0 Å². The number of hydrogen-bond donors (Lipinski definition) is 2. The third kappa shape index (κ3) is 14.2. The third-order valence-electron chi connectivity index (χ3n) is 15.1. The minimum Gasteiger partial charge on any atom is -0.478 e. The van der Waals surface area contributed by atoms with Crippen molar-refractivity contribution >= 4 is 11.9 Å². The molecule has 88 heavy (non-hydrogen) atoms. The lowest BCUT2D eigenvalue weighted by Gasteiger charge is -2.30. The summed E-state index contributed by atoms with van der Waals surface area (Å²) in [6.07, 6.45) is -24.3. The second kappa shape index (κ2) is 24.7. The van der Waals surface area contributed by atoms with Crippen LogP contribution in [0.4, 0.5) is 70.2 Å². The Morgan fingerprint density at radius 3 is 1.06 bits per heavy atom. The Kier molecular flexibility index (Phi) is 17.8. The Hall–Kier alpha value is -8.98. The van der Waals surface area contributed by atoms with E-state index < -0.39 is 106 Å². The van der Waals surface area contributed by atoms with Crippen LogP contribution in [0.15, 0.2) is 146 Å². The van der Waals surface area contributed by atoms with Gasteiger partial charge in [-0.25, -0.2) is 28.9 Å². The van der Waals surface area contributed by atoms with E-state index in [2.05, 4.69) is 20.2 Å². The largest absolute Gasteiger partial charge is 0.478 e. The Balaban J connectivity index is 0.000000209. The summed E-state index contributed by atoms with van der Waals surface area (Å²) >= 11 is 0. The zero-order valence-corrected chi connectivity index (χ0v) is 45.1. The molecule has 4 aromatic heterocycles. The van der Waals surface area contributed by atoms with E-state index >= 15 is 17.6 Å². The van der Waals surface area contributed by atoms with E-state index in [4.69, 9.17) is 9.47 Å². The maximum atomic E-state index is 15.3. The molecule has 4 aromatic carbocycles. The third-order valence-corrected chi connectivity index (χ3v) is 15.1. The van der Waals surface area contributed by atoms with Crippen LogP contribution in [0.2, 0.25) is 0 Å². The maximum Gasteiger partial charge on any atom is 0.434 e. The van der Waals surface area contributed by atoms with Crippen molar-refractivity contribution in [1.82, 2.24) is 29.5 Å². The molecule has 464 valence electrons. The Bertz CT molecular complexity index is 3530. The number of nitrogens with zero attached hydrogens (tertiary/aromatic N) is 6. The van der Waals surface area contributed by atoms with Crippen LogP contribution >= 0.6 is 0 Å². The number of rotatable bonds is 14. The average Bonchev–Trinajstić information content (AvgIpc) is 1.92. The number of carboxylic acid groups (broad SMARTS) is 2. The van der Waals surface area contributed by atoms with Crippen molar-refractivity contribution in [3.05, 3.63) is 191 Å². The number of alkyl halides is 16. The molecule has 0 spiro atoms. The molecule has 10 rings (SSSR count). The molecule has 4 heterocycles. The van der Waals surface area contributed by atoms with Crippen LogP contribution in [0, 0.1) is 11.8 Å². The SMILES string of the molecule is O=C(O)c1cnn(-c2cccc(-c3ccccc3OC(F)(F)c3ccc(C4CCC(C(F)(F)F)CC4)cc3)n2)c1C(F)(F)F.O=C(O)c1cnn(-c2cccc(-c3ccccc3OC(F)(F)c3ccc(C4CCC(C(F)(F)F)CC4)cc3)n2)c1C(F)(F)F. The molecule has 2 N–H and O–H groups in total. The Morgan fingerprint density at radius 2 is 0.750 bits per heavy atom. The molecule has 2 aliphatic carbocycles. The number of pyridine rings is 2. The summed E-state index contributed by atoms with van der Waals surface area (Å²) in [5.74, 6) is -8.30. The van der Waals surface area contributed by atoms with Gasteiger partial charge in [0.05, 0.1) is 46.7 Å². The number of aromatic carboxylic acids is 2. The zero-order valence-electron chi connectivity index (χ0n) is 45.1. The van der Waals surface area contributed by atoms with Gasteiger partial charge >= 0.3 is 48.9 Å². The van der Waals surface area contributed by atoms with Crippen LogP contribution in [0.3, 0.4) is 0 Å². The molecule has 12 nitrogen and oxygen atoms in total. The van der Waals surface area contributed by atoms with E-state index in [-0.39, 0.29) is 97.2 Å². The normalized spacial score (nSPS) is 17.8. The van der Waals surface area contributed by atoms with Crippen LogP contribution in [-0.2, 0) is 24.6 Å². The molecular formula is C60H46F16N6O6. The predicted octanol–water partition coefficient (Wildman–Crippen LogP) is 17.2. The number of benzene rings is 4. The van der Waals surface area contributed by atoms with Crippen molar-refractivity contribution < 1.29 is 99.5 Å². The van der Waals surface area contributed by atoms with Gasteiger partial charge in [-0.05, 0) is 147 Å². The number of halogens is 16. The lowest BCUT2D eigenvalue weighted by atomic mass is 9.78. The van der Waals surface area contributed by atoms with Gasteiger partial charge in [-0.3, -0.25) is 0 Å². The summed E-state index contributed by atoms with van der Waals surface area (Å²) in [6.45, 7) is 0. The fourth-order valence-electron chi connectivity index (χ4n) is 10.6. The number of carboxylic acids is 2. The number of aromatic nitrogens is 6. The number of para-hydroxylation sites is 2. The van der Waals surface area contributed by atoms with Gasteiger partial charge in [0.2, 0.25) is 0 Å². The number of ether oxygens (including phenoxy) is 2. The van der Waals surface area contributed by atoms with Gasteiger partial charge in [-0.15, -0.1) is 0 Å². The highest BCUT2D eigenvalue weighted by Gasteiger charge is 2.46. The molecule has 2 aliphatic rings. The molecule has 0 bridgehead atoms. The van der Waals surface area contributed by atoms with Crippen LogP contribution in [-0.4, -0.2) is 64.0 Å². The predicted molar refractivity (Wildman–Crippen MR) is 281 cm³/mol. The van der Waals surface area contributed by atoms with Gasteiger partial charge in [-0.2, -0.15) is 80.4 Å². The minimum absolute atomic E-state index is 0.00578. The van der Waals surface area contributed by atoms with E-state index in [1.54, 1.807) is 0 Å². The lowest BCUT2D eigenvalue weighted by molar-refractivity contribution is -0.185. The fourth-order valence-corrected chi connectivity index (χ4v) is 10.6. The van der Waals surface area contributed by atoms with E-state index in [0.717, 1.165) is 36.4 Å². The van der Waals surface area contributed by atoms with Gasteiger partial charge in [0.15, 0.2) is 23.0 Å². The standard InChI is InChI=1S/2C30H23F8N3O3/c2*31-28(32,33)19-12-8-17(9-13-19)18-10-14-20(15-11-18)30(37,38)44-24-6-2-1-4-21(24)23-5-3-7-25(40-23)41-26(29(34,35)36)22(16-39-41)27(42)43/h2*1-7,10-11,14-17,19H,8-9,12-13H2,(H,42,43). The van der Waals surface area contributed by atoms with Gasteiger partial charge in [0, 0.05) is 11.1 Å². The summed E-state index contributed by atoms with van der Waals surface area (Å²) in [5, 5.41) is 25.4. The molecule has 0 radical (unpaired) electrons. The highest BCUT2D eigenvalue weighted by molar-refractivity contribution is 5.89. The number of hydrogen-bond acceptors (Lipinski definition) is 8. The van der Waals surface area contributed by atoms with Gasteiger partial charge < -0.3 is 19.7 Å². The highest BCUT2D eigenvalue weighted by Crippen LogP contribution is 2.47. The molecule has 2 fully saturated rings. The molecule has 0 unspecified atom stereocenters. The quantitative estimate of drug-likeness (QED) is 0.101. The van der Waals surface area contributed by atoms with Crippen molar-refractivity contribution in [3.8, 4) is 45.6 Å². The van der Waals surface area contributed by atoms with E-state index in [1.165, 1.54) is 97.1 Å². The molecule has 0 amide bonds. The van der Waals surface area contributed by atoms with E-state index in [9.17, 15) is 72.5 Å². The van der Waals surface area contributed by atoms with Gasteiger partial charge in [0.25, 0.3) is 0 Å². The van der Waals surface area contributed by atoms with Gasteiger partial charge in [0.1, 0.15) is 22.6 Å². The van der Waals surface area contributed by atoms with Crippen molar-refractivity contribution in [2.45, 2.75) is 100 Å². The summed E-state index contributed by atoms with van der Waals surface area (Å²) in [4.78, 5) is 30.9.